The zero-order chi connectivity index (χ0) is 19.9. The zero-order valence-electron chi connectivity index (χ0n) is 14.6. The van der Waals surface area contributed by atoms with E-state index in [4.69, 9.17) is 16.9 Å². The van der Waals surface area contributed by atoms with E-state index in [1.54, 1.807) is 6.07 Å². The fraction of sp³-hybridized carbons (Fsp3) is 0.529. The van der Waals surface area contributed by atoms with E-state index in [1.807, 2.05) is 13.8 Å². The quantitative estimate of drug-likeness (QED) is 0.842. The van der Waals surface area contributed by atoms with Crippen molar-refractivity contribution in [3.05, 3.63) is 28.5 Å². The molecule has 1 N–H and O–H groups in total. The van der Waals surface area contributed by atoms with Crippen LogP contribution in [0, 0.1) is 17.8 Å². The number of hydrogen-bond acceptors (Lipinski definition) is 4. The number of pyridine rings is 1. The van der Waals surface area contributed by atoms with Crippen LogP contribution in [0.3, 0.4) is 0 Å². The van der Waals surface area contributed by atoms with Gasteiger partial charge in [-0.25, -0.2) is 14.0 Å². The van der Waals surface area contributed by atoms with Gasteiger partial charge < -0.3 is 10.2 Å². The van der Waals surface area contributed by atoms with Gasteiger partial charge in [0.25, 0.3) is 11.8 Å². The Morgan fingerprint density at radius 2 is 2.12 bits per heavy atom. The third-order valence-corrected chi connectivity index (χ3v) is 4.00. The molecule has 1 aliphatic rings. The van der Waals surface area contributed by atoms with E-state index < -0.39 is 24.3 Å². The second-order valence-electron chi connectivity index (χ2n) is 6.36. The molecule has 0 atom stereocenters. The summed E-state index contributed by atoms with van der Waals surface area (Å²) >= 11 is 5.99. The van der Waals surface area contributed by atoms with Crippen molar-refractivity contribution in [2.75, 3.05) is 19.6 Å². The highest BCUT2D eigenvalue weighted by atomic mass is 35.5. The Balaban J connectivity index is 0.00000163. The lowest BCUT2D eigenvalue weighted by molar-refractivity contribution is -0.130. The smallest absolute Gasteiger partial charge is 0.267 e. The Morgan fingerprint density at radius 1 is 1.46 bits per heavy atom. The number of likely N-dealkylation sites (tertiary alicyclic amines) is 1. The summed E-state index contributed by atoms with van der Waals surface area (Å²) in [7, 11) is 0. The van der Waals surface area contributed by atoms with Gasteiger partial charge in [0, 0.05) is 31.4 Å². The largest absolute Gasteiger partial charge is 0.343 e. The molecule has 9 heteroatoms. The van der Waals surface area contributed by atoms with Crippen LogP contribution in [0.1, 0.15) is 36.3 Å². The van der Waals surface area contributed by atoms with Crippen LogP contribution in [0.5, 0.6) is 0 Å². The molecule has 2 heterocycles. The highest BCUT2D eigenvalue weighted by molar-refractivity contribution is 6.33. The lowest BCUT2D eigenvalue weighted by Crippen LogP contribution is -2.40. The highest BCUT2D eigenvalue weighted by Crippen LogP contribution is 2.26. The lowest BCUT2D eigenvalue weighted by Gasteiger charge is -2.16. The van der Waals surface area contributed by atoms with Gasteiger partial charge in [-0.15, -0.1) is 0 Å². The molecule has 1 aliphatic heterocycles. The number of hydrogen-bond donors (Lipinski definition) is 1. The van der Waals surface area contributed by atoms with Crippen LogP contribution in [0.2, 0.25) is 5.02 Å². The topological polar surface area (TPSA) is 86.1 Å². The van der Waals surface area contributed by atoms with Crippen LogP contribution in [0.25, 0.3) is 0 Å². The maximum Gasteiger partial charge on any atom is 0.267 e. The zero-order valence-corrected chi connectivity index (χ0v) is 15.4. The summed E-state index contributed by atoms with van der Waals surface area (Å²) in [5, 5.41) is 9.12. The minimum atomic E-state index is -2.85. The molecule has 0 spiro atoms. The van der Waals surface area contributed by atoms with Gasteiger partial charge in [-0.3, -0.25) is 14.6 Å². The van der Waals surface area contributed by atoms with E-state index in [2.05, 4.69) is 16.9 Å². The van der Waals surface area contributed by atoms with Gasteiger partial charge in [0.15, 0.2) is 0 Å². The second-order valence-corrected chi connectivity index (χ2v) is 6.76. The van der Waals surface area contributed by atoms with Crippen molar-refractivity contribution in [2.24, 2.45) is 5.92 Å². The van der Waals surface area contributed by atoms with Crippen LogP contribution in [0.15, 0.2) is 12.3 Å². The van der Waals surface area contributed by atoms with E-state index in [0.717, 1.165) is 10.6 Å². The maximum atomic E-state index is 13.1. The third-order valence-electron chi connectivity index (χ3n) is 3.70. The number of carbonyl (C=O) groups excluding carboxylic acids is 2. The van der Waals surface area contributed by atoms with E-state index in [-0.39, 0.29) is 30.1 Å². The summed E-state index contributed by atoms with van der Waals surface area (Å²) in [5.41, 5.74) is 0.951. The Hall–Kier alpha value is -2.27. The number of amides is 2. The molecule has 0 saturated carbocycles. The first-order valence-corrected chi connectivity index (χ1v) is 8.40. The number of halogens is 3. The molecule has 26 heavy (non-hydrogen) atoms. The van der Waals surface area contributed by atoms with Crippen molar-refractivity contribution in [3.8, 4) is 6.57 Å². The minimum absolute atomic E-state index is 0.00372. The van der Waals surface area contributed by atoms with Crippen LogP contribution < -0.4 is 5.32 Å². The first kappa shape index (κ1) is 21.8. The van der Waals surface area contributed by atoms with Crippen molar-refractivity contribution >= 4 is 23.4 Å². The van der Waals surface area contributed by atoms with Gasteiger partial charge in [-0.1, -0.05) is 25.4 Å². The molecule has 6 nitrogen and oxygen atoms in total. The molecule has 2 rings (SSSR count). The molecular formula is C17H21ClF2N4O2. The van der Waals surface area contributed by atoms with Gasteiger partial charge in [-0.2, -0.15) is 0 Å². The monoisotopic (exact) mass is 386 g/mol. The van der Waals surface area contributed by atoms with E-state index in [0.29, 0.717) is 12.3 Å². The number of nitrogens with zero attached hydrogens (tertiary/aromatic N) is 3. The number of aromatic nitrogens is 1. The summed E-state index contributed by atoms with van der Waals surface area (Å²) in [5.74, 6) is -3.53. The third kappa shape index (κ3) is 6.23. The van der Waals surface area contributed by atoms with Gasteiger partial charge in [-0.05, 0) is 18.4 Å². The van der Waals surface area contributed by atoms with Crippen molar-refractivity contribution < 1.29 is 18.4 Å². The molecule has 0 aromatic carbocycles. The predicted molar refractivity (Wildman–Crippen MR) is 92.9 cm³/mol. The number of alkyl halides is 2. The average molecular weight is 387 g/mol. The average Bonchev–Trinajstić information content (AvgIpc) is 2.95. The number of nitriles is 1. The summed E-state index contributed by atoms with van der Waals surface area (Å²) in [6.45, 7) is 6.61. The van der Waals surface area contributed by atoms with Crippen LogP contribution in [-0.4, -0.2) is 47.3 Å². The summed E-state index contributed by atoms with van der Waals surface area (Å²) in [6, 6.07) is 1.59. The van der Waals surface area contributed by atoms with E-state index in [1.165, 1.54) is 6.20 Å². The molecule has 0 unspecified atom stereocenters. The molecule has 142 valence electrons. The lowest BCUT2D eigenvalue weighted by atomic mass is 10.1. The first-order valence-electron chi connectivity index (χ1n) is 8.02. The molecule has 1 fully saturated rings. The fourth-order valence-corrected chi connectivity index (χ4v) is 2.69. The fourth-order valence-electron chi connectivity index (χ4n) is 2.50. The Labute approximate surface area is 156 Å². The number of rotatable bonds is 5. The van der Waals surface area contributed by atoms with Gasteiger partial charge >= 0.3 is 0 Å². The SMILES string of the molecule is C#N.CC(C)Cc1cc(C(=O)NCC(=O)N2CCC(F)(F)C2)c(Cl)cn1. The molecule has 1 saturated heterocycles. The van der Waals surface area contributed by atoms with Gasteiger partial charge in [0.2, 0.25) is 5.91 Å². The Bertz CT molecular complexity index is 680. The van der Waals surface area contributed by atoms with Crippen molar-refractivity contribution in [3.63, 3.8) is 0 Å². The molecule has 1 aromatic rings. The van der Waals surface area contributed by atoms with Crippen LogP contribution in [-0.2, 0) is 11.2 Å². The summed E-state index contributed by atoms with van der Waals surface area (Å²) in [6.07, 6.45) is 1.75. The minimum Gasteiger partial charge on any atom is -0.343 e. The van der Waals surface area contributed by atoms with Crippen LogP contribution >= 0.6 is 11.6 Å². The molecule has 1 aromatic heterocycles. The Kier molecular flexibility index (Phi) is 7.90. The predicted octanol–water partition coefficient (Wildman–Crippen LogP) is 2.67. The first-order chi connectivity index (χ1) is 12.2. The van der Waals surface area contributed by atoms with Crippen molar-refractivity contribution in [2.45, 2.75) is 32.6 Å². The highest BCUT2D eigenvalue weighted by Gasteiger charge is 2.40. The Morgan fingerprint density at radius 3 is 2.65 bits per heavy atom. The van der Waals surface area contributed by atoms with Crippen molar-refractivity contribution in [1.29, 1.82) is 5.26 Å². The van der Waals surface area contributed by atoms with Gasteiger partial charge in [0.05, 0.1) is 23.7 Å². The normalized spacial score (nSPS) is 15.3. The van der Waals surface area contributed by atoms with Gasteiger partial charge in [0.1, 0.15) is 0 Å². The summed E-state index contributed by atoms with van der Waals surface area (Å²) in [4.78, 5) is 29.3. The van der Waals surface area contributed by atoms with E-state index >= 15 is 0 Å². The molecule has 0 aliphatic carbocycles. The standard InChI is InChI=1S/C16H20ClF2N3O2.CHN/c1-10(2)5-11-6-12(13(17)7-20-11)15(24)21-8-14(23)22-4-3-16(18,19)9-22;1-2/h6-7,10H,3-5,8-9H2,1-2H3,(H,21,24);1H. The molecule has 2 amide bonds. The molecular weight excluding hydrogens is 366 g/mol. The van der Waals surface area contributed by atoms with Crippen LogP contribution in [0.4, 0.5) is 8.78 Å². The summed E-state index contributed by atoms with van der Waals surface area (Å²) < 4.78 is 26.2. The number of nitrogens with one attached hydrogen (secondary N) is 1. The molecule has 0 bridgehead atoms. The molecule has 0 radical (unpaired) electrons. The maximum absolute atomic E-state index is 13.1. The number of carbonyl (C=O) groups is 2. The second kappa shape index (κ2) is 9.43. The van der Waals surface area contributed by atoms with Crippen molar-refractivity contribution in [1.82, 2.24) is 15.2 Å². The van der Waals surface area contributed by atoms with E-state index in [9.17, 15) is 18.4 Å².